The summed E-state index contributed by atoms with van der Waals surface area (Å²) in [6, 6.07) is 12.3. The van der Waals surface area contributed by atoms with E-state index in [4.69, 9.17) is 0 Å². The third kappa shape index (κ3) is 4.32. The Bertz CT molecular complexity index is 666. The molecule has 1 fully saturated rings. The Morgan fingerprint density at radius 1 is 1.12 bits per heavy atom. The molecule has 1 aromatic carbocycles. The molecule has 2 heterocycles. The normalized spacial score (nSPS) is 15.3. The van der Waals surface area contributed by atoms with Gasteiger partial charge in [0.25, 0.3) is 5.91 Å². The molecule has 1 saturated heterocycles. The zero-order chi connectivity index (χ0) is 16.8. The summed E-state index contributed by atoms with van der Waals surface area (Å²) < 4.78 is 0. The van der Waals surface area contributed by atoms with Crippen LogP contribution in [0.3, 0.4) is 0 Å². The van der Waals surface area contributed by atoms with Gasteiger partial charge in [-0.3, -0.25) is 9.78 Å². The van der Waals surface area contributed by atoms with Crippen LogP contribution in [-0.4, -0.2) is 60.5 Å². The largest absolute Gasteiger partial charge is 0.383 e. The van der Waals surface area contributed by atoms with Gasteiger partial charge in [-0.2, -0.15) is 0 Å². The lowest BCUT2D eigenvalue weighted by Crippen LogP contribution is -2.47. The lowest BCUT2D eigenvalue weighted by Gasteiger charge is -2.32. The monoisotopic (exact) mass is 324 g/mol. The average Bonchev–Trinajstić information content (AvgIpc) is 2.63. The molecule has 0 saturated carbocycles. The topological polar surface area (TPSA) is 48.5 Å². The molecule has 126 valence electrons. The van der Waals surface area contributed by atoms with Gasteiger partial charge in [0.2, 0.25) is 0 Å². The molecule has 1 aliphatic heterocycles. The molecule has 1 N–H and O–H groups in total. The van der Waals surface area contributed by atoms with Crippen molar-refractivity contribution in [2.75, 3.05) is 45.1 Å². The third-order valence-corrected chi connectivity index (χ3v) is 4.36. The summed E-state index contributed by atoms with van der Waals surface area (Å²) >= 11 is 0. The van der Waals surface area contributed by atoms with E-state index in [1.165, 1.54) is 5.56 Å². The lowest BCUT2D eigenvalue weighted by molar-refractivity contribution is 0.0663. The van der Waals surface area contributed by atoms with E-state index >= 15 is 0 Å². The Morgan fingerprint density at radius 3 is 2.62 bits per heavy atom. The number of carbonyl (C=O) groups is 1. The van der Waals surface area contributed by atoms with Gasteiger partial charge in [-0.15, -0.1) is 0 Å². The number of anilines is 1. The highest BCUT2D eigenvalue weighted by molar-refractivity contribution is 5.94. The van der Waals surface area contributed by atoms with E-state index < -0.39 is 0 Å². The molecule has 5 nitrogen and oxygen atoms in total. The van der Waals surface area contributed by atoms with E-state index in [1.54, 1.807) is 12.4 Å². The summed E-state index contributed by atoms with van der Waals surface area (Å²) in [7, 11) is 2.08. The fraction of sp³-hybridized carbons (Fsp3) is 0.368. The number of piperazine rings is 1. The number of amides is 1. The predicted octanol–water partition coefficient (Wildman–Crippen LogP) is 2.12. The summed E-state index contributed by atoms with van der Waals surface area (Å²) in [5.74, 6) is 0.0716. The molecule has 3 rings (SSSR count). The van der Waals surface area contributed by atoms with Crippen LogP contribution in [0.1, 0.15) is 15.9 Å². The van der Waals surface area contributed by atoms with Gasteiger partial charge in [0.05, 0.1) is 11.3 Å². The van der Waals surface area contributed by atoms with E-state index in [0.29, 0.717) is 5.56 Å². The van der Waals surface area contributed by atoms with E-state index in [1.807, 2.05) is 29.2 Å². The molecule has 1 amide bonds. The number of rotatable bonds is 5. The maximum Gasteiger partial charge on any atom is 0.255 e. The second-order valence-electron chi connectivity index (χ2n) is 6.22. The summed E-state index contributed by atoms with van der Waals surface area (Å²) in [5, 5.41) is 3.36. The minimum atomic E-state index is 0.0716. The Kier molecular flexibility index (Phi) is 5.43. The Hall–Kier alpha value is -2.40. The number of carbonyl (C=O) groups excluding carboxylic acids is 1. The minimum absolute atomic E-state index is 0.0716. The lowest BCUT2D eigenvalue weighted by atomic mass is 10.1. The van der Waals surface area contributed by atoms with Crippen molar-refractivity contribution < 1.29 is 4.79 Å². The fourth-order valence-corrected chi connectivity index (χ4v) is 2.84. The van der Waals surface area contributed by atoms with Gasteiger partial charge >= 0.3 is 0 Å². The van der Waals surface area contributed by atoms with Gasteiger partial charge < -0.3 is 15.1 Å². The highest BCUT2D eigenvalue weighted by atomic mass is 16.2. The van der Waals surface area contributed by atoms with Crippen molar-refractivity contribution >= 4 is 11.6 Å². The first kappa shape index (κ1) is 16.5. The number of nitrogens with zero attached hydrogens (tertiary/aromatic N) is 3. The van der Waals surface area contributed by atoms with Gasteiger partial charge in [0.1, 0.15) is 0 Å². The van der Waals surface area contributed by atoms with Crippen molar-refractivity contribution in [2.24, 2.45) is 0 Å². The first-order valence-electron chi connectivity index (χ1n) is 8.43. The van der Waals surface area contributed by atoms with Crippen molar-refractivity contribution in [3.63, 3.8) is 0 Å². The van der Waals surface area contributed by atoms with Crippen molar-refractivity contribution in [1.29, 1.82) is 0 Å². The minimum Gasteiger partial charge on any atom is -0.383 e. The molecule has 0 radical (unpaired) electrons. The van der Waals surface area contributed by atoms with Crippen LogP contribution in [0, 0.1) is 0 Å². The fourth-order valence-electron chi connectivity index (χ4n) is 2.84. The van der Waals surface area contributed by atoms with Crippen molar-refractivity contribution in [3.05, 3.63) is 59.9 Å². The standard InChI is InChI=1S/C19H24N4O/c1-22-9-11-23(12-10-22)19(24)17-13-18(15-20-14-17)21-8-7-16-5-3-2-4-6-16/h2-6,13-15,21H,7-12H2,1H3. The number of hydrogen-bond acceptors (Lipinski definition) is 4. The summed E-state index contributed by atoms with van der Waals surface area (Å²) in [4.78, 5) is 21.0. The third-order valence-electron chi connectivity index (χ3n) is 4.36. The number of aromatic nitrogens is 1. The van der Waals surface area contributed by atoms with Crippen molar-refractivity contribution in [1.82, 2.24) is 14.8 Å². The van der Waals surface area contributed by atoms with Crippen LogP contribution in [0.4, 0.5) is 5.69 Å². The van der Waals surface area contributed by atoms with Gasteiger partial charge in [-0.05, 0) is 25.1 Å². The van der Waals surface area contributed by atoms with Crippen LogP contribution in [-0.2, 0) is 6.42 Å². The molecule has 2 aromatic rings. The van der Waals surface area contributed by atoms with E-state index in [-0.39, 0.29) is 5.91 Å². The molecular formula is C19H24N4O. The number of benzene rings is 1. The van der Waals surface area contributed by atoms with Crippen LogP contribution >= 0.6 is 0 Å². The molecule has 1 aliphatic rings. The average molecular weight is 324 g/mol. The maximum atomic E-state index is 12.6. The van der Waals surface area contributed by atoms with Crippen LogP contribution in [0.25, 0.3) is 0 Å². The Labute approximate surface area is 143 Å². The molecular weight excluding hydrogens is 300 g/mol. The summed E-state index contributed by atoms with van der Waals surface area (Å²) in [6.07, 6.45) is 4.37. The quantitative estimate of drug-likeness (QED) is 0.915. The van der Waals surface area contributed by atoms with E-state index in [0.717, 1.165) is 44.8 Å². The van der Waals surface area contributed by atoms with Gasteiger partial charge in [-0.25, -0.2) is 0 Å². The first-order valence-corrected chi connectivity index (χ1v) is 8.43. The van der Waals surface area contributed by atoms with Crippen LogP contribution < -0.4 is 5.32 Å². The number of pyridine rings is 1. The molecule has 0 atom stereocenters. The van der Waals surface area contributed by atoms with Crippen LogP contribution in [0.2, 0.25) is 0 Å². The Balaban J connectivity index is 1.56. The molecule has 24 heavy (non-hydrogen) atoms. The number of nitrogens with one attached hydrogen (secondary N) is 1. The van der Waals surface area contributed by atoms with Gasteiger partial charge in [-0.1, -0.05) is 30.3 Å². The smallest absolute Gasteiger partial charge is 0.255 e. The molecule has 1 aromatic heterocycles. The van der Waals surface area contributed by atoms with Crippen LogP contribution in [0.15, 0.2) is 48.8 Å². The summed E-state index contributed by atoms with van der Waals surface area (Å²) in [5.41, 5.74) is 2.85. The molecule has 0 bridgehead atoms. The molecule has 5 heteroatoms. The van der Waals surface area contributed by atoms with Crippen molar-refractivity contribution in [3.8, 4) is 0 Å². The Morgan fingerprint density at radius 2 is 1.88 bits per heavy atom. The second-order valence-corrected chi connectivity index (χ2v) is 6.22. The highest BCUT2D eigenvalue weighted by Crippen LogP contribution is 2.12. The van der Waals surface area contributed by atoms with Gasteiger partial charge in [0.15, 0.2) is 0 Å². The maximum absolute atomic E-state index is 12.6. The second kappa shape index (κ2) is 7.93. The van der Waals surface area contributed by atoms with Crippen LogP contribution in [0.5, 0.6) is 0 Å². The van der Waals surface area contributed by atoms with Gasteiger partial charge in [0, 0.05) is 45.1 Å². The number of likely N-dealkylation sites (N-methyl/N-ethyl adjacent to an activating group) is 1. The predicted molar refractivity (Wildman–Crippen MR) is 96.3 cm³/mol. The van der Waals surface area contributed by atoms with E-state index in [9.17, 15) is 4.79 Å². The zero-order valence-corrected chi connectivity index (χ0v) is 14.1. The highest BCUT2D eigenvalue weighted by Gasteiger charge is 2.20. The SMILES string of the molecule is CN1CCN(C(=O)c2cncc(NCCc3ccccc3)c2)CC1. The number of hydrogen-bond donors (Lipinski definition) is 1. The first-order chi connectivity index (χ1) is 11.7. The zero-order valence-electron chi connectivity index (χ0n) is 14.1. The molecule has 0 spiro atoms. The summed E-state index contributed by atoms with van der Waals surface area (Å²) in [6.45, 7) is 4.22. The molecule has 0 aliphatic carbocycles. The van der Waals surface area contributed by atoms with Crippen molar-refractivity contribution in [2.45, 2.75) is 6.42 Å². The molecule has 0 unspecified atom stereocenters. The van der Waals surface area contributed by atoms with E-state index in [2.05, 4.69) is 34.4 Å².